The molecule has 0 radical (unpaired) electrons. The van der Waals surface area contributed by atoms with E-state index in [2.05, 4.69) is 71.2 Å². The molecule has 0 bridgehead atoms. The average Bonchev–Trinajstić information content (AvgIpc) is 3.36. The van der Waals surface area contributed by atoms with E-state index in [-0.39, 0.29) is 12.1 Å². The third kappa shape index (κ3) is 3.80. The molecular weight excluding hydrogens is 402 g/mol. The van der Waals surface area contributed by atoms with E-state index >= 15 is 0 Å². The van der Waals surface area contributed by atoms with Crippen molar-refractivity contribution in [2.24, 2.45) is 5.92 Å². The number of aryl methyl sites for hydroxylation is 1. The number of nitrogens with zero attached hydrogens (tertiary/aromatic N) is 2. The lowest BCUT2D eigenvalue weighted by atomic mass is 9.95. The number of urea groups is 1. The van der Waals surface area contributed by atoms with Gasteiger partial charge in [-0.2, -0.15) is 0 Å². The Balaban J connectivity index is 1.60. The lowest BCUT2D eigenvalue weighted by molar-refractivity contribution is 0.180. The molecule has 4 nitrogen and oxygen atoms in total. The van der Waals surface area contributed by atoms with E-state index in [1.165, 1.54) is 46.0 Å². The van der Waals surface area contributed by atoms with Crippen molar-refractivity contribution in [3.8, 4) is 5.00 Å². The molecule has 3 heterocycles. The number of carbonyl (C=O) groups excluding carboxylic acids is 1. The summed E-state index contributed by atoms with van der Waals surface area (Å²) in [5, 5.41) is 4.53. The van der Waals surface area contributed by atoms with Crippen LogP contribution in [0.1, 0.15) is 66.4 Å². The van der Waals surface area contributed by atoms with Crippen molar-refractivity contribution < 1.29 is 4.79 Å². The van der Waals surface area contributed by atoms with Crippen LogP contribution in [-0.4, -0.2) is 22.0 Å². The zero-order chi connectivity index (χ0) is 21.4. The topological polar surface area (TPSA) is 37.3 Å². The summed E-state index contributed by atoms with van der Waals surface area (Å²) < 4.78 is 2.34. The summed E-state index contributed by atoms with van der Waals surface area (Å²) in [5.74, 6) is 0.571. The SMILES string of the molecule is CC(C)CCNC(=O)N1Cc2c(sc3c2CCCC3)-n2cccc2[C@@H]1c1ccccc1. The molecule has 2 amide bonds. The Hall–Kier alpha value is -2.53. The van der Waals surface area contributed by atoms with Gasteiger partial charge in [-0.3, -0.25) is 0 Å². The van der Waals surface area contributed by atoms with E-state index in [4.69, 9.17) is 0 Å². The van der Waals surface area contributed by atoms with Gasteiger partial charge in [-0.1, -0.05) is 44.2 Å². The molecule has 1 aliphatic heterocycles. The second-order valence-corrected chi connectivity index (χ2v) is 10.2. The highest BCUT2D eigenvalue weighted by molar-refractivity contribution is 7.15. The van der Waals surface area contributed by atoms with Crippen molar-refractivity contribution in [3.63, 3.8) is 0 Å². The molecule has 1 aliphatic carbocycles. The van der Waals surface area contributed by atoms with Gasteiger partial charge in [0.05, 0.1) is 18.3 Å². The van der Waals surface area contributed by atoms with Crippen LogP contribution in [0.15, 0.2) is 48.7 Å². The monoisotopic (exact) mass is 433 g/mol. The van der Waals surface area contributed by atoms with Crippen molar-refractivity contribution in [1.82, 2.24) is 14.8 Å². The molecule has 0 spiro atoms. The van der Waals surface area contributed by atoms with Gasteiger partial charge in [0.2, 0.25) is 0 Å². The number of thiophene rings is 1. The minimum Gasteiger partial charge on any atom is -0.338 e. The molecule has 0 fully saturated rings. The molecule has 0 saturated carbocycles. The molecule has 0 saturated heterocycles. The Labute approximate surface area is 188 Å². The van der Waals surface area contributed by atoms with Crippen LogP contribution in [-0.2, 0) is 19.4 Å². The first-order valence-corrected chi connectivity index (χ1v) is 12.4. The van der Waals surface area contributed by atoms with Gasteiger partial charge in [-0.15, -0.1) is 11.3 Å². The van der Waals surface area contributed by atoms with Crippen LogP contribution >= 0.6 is 11.3 Å². The number of carbonyl (C=O) groups is 1. The van der Waals surface area contributed by atoms with E-state index in [0.717, 1.165) is 18.4 Å². The first-order chi connectivity index (χ1) is 15.1. The molecule has 1 atom stereocenters. The third-order valence-electron chi connectivity index (χ3n) is 6.55. The van der Waals surface area contributed by atoms with Gasteiger partial charge in [0.1, 0.15) is 5.00 Å². The predicted octanol–water partition coefficient (Wildman–Crippen LogP) is 6.08. The predicted molar refractivity (Wildman–Crippen MR) is 127 cm³/mol. The van der Waals surface area contributed by atoms with Crippen molar-refractivity contribution in [2.45, 2.75) is 58.5 Å². The zero-order valence-corrected chi connectivity index (χ0v) is 19.3. The Bertz CT molecular complexity index is 1070. The largest absolute Gasteiger partial charge is 0.338 e. The van der Waals surface area contributed by atoms with Crippen LogP contribution in [0.2, 0.25) is 0 Å². The van der Waals surface area contributed by atoms with Gasteiger partial charge in [-0.25, -0.2) is 4.79 Å². The summed E-state index contributed by atoms with van der Waals surface area (Å²) in [6.45, 7) is 5.77. The third-order valence-corrected chi connectivity index (χ3v) is 7.89. The van der Waals surface area contributed by atoms with E-state index in [0.29, 0.717) is 19.0 Å². The minimum absolute atomic E-state index is 0.0332. The van der Waals surface area contributed by atoms with E-state index in [9.17, 15) is 4.79 Å². The van der Waals surface area contributed by atoms with Crippen molar-refractivity contribution in [1.29, 1.82) is 0 Å². The maximum absolute atomic E-state index is 13.6. The van der Waals surface area contributed by atoms with Crippen LogP contribution in [0, 0.1) is 5.92 Å². The molecule has 31 heavy (non-hydrogen) atoms. The van der Waals surface area contributed by atoms with Crippen LogP contribution in [0.25, 0.3) is 5.00 Å². The number of fused-ring (bicyclic) bond motifs is 5. The summed E-state index contributed by atoms with van der Waals surface area (Å²) in [6.07, 6.45) is 7.99. The Kier molecular flexibility index (Phi) is 5.61. The molecular formula is C26H31N3OS. The molecule has 5 rings (SSSR count). The molecule has 1 aromatic carbocycles. The van der Waals surface area contributed by atoms with Gasteiger partial charge in [-0.05, 0) is 61.3 Å². The van der Waals surface area contributed by atoms with Gasteiger partial charge in [0, 0.05) is 23.2 Å². The van der Waals surface area contributed by atoms with Gasteiger partial charge in [0.25, 0.3) is 0 Å². The van der Waals surface area contributed by atoms with E-state index in [1.54, 1.807) is 0 Å². The fraction of sp³-hybridized carbons (Fsp3) is 0.423. The lowest BCUT2D eigenvalue weighted by Gasteiger charge is -2.31. The van der Waals surface area contributed by atoms with Crippen LogP contribution in [0.4, 0.5) is 4.79 Å². The maximum Gasteiger partial charge on any atom is 0.318 e. The molecule has 2 aromatic heterocycles. The first-order valence-electron chi connectivity index (χ1n) is 11.5. The zero-order valence-electron chi connectivity index (χ0n) is 18.4. The van der Waals surface area contributed by atoms with Crippen LogP contribution in [0.3, 0.4) is 0 Å². The Morgan fingerprint density at radius 2 is 1.90 bits per heavy atom. The molecule has 1 N–H and O–H groups in total. The molecule has 3 aromatic rings. The van der Waals surface area contributed by atoms with Crippen molar-refractivity contribution in [3.05, 3.63) is 75.9 Å². The highest BCUT2D eigenvalue weighted by atomic mass is 32.1. The summed E-state index contributed by atoms with van der Waals surface area (Å²) in [6, 6.07) is 14.7. The van der Waals surface area contributed by atoms with Gasteiger partial charge >= 0.3 is 6.03 Å². The maximum atomic E-state index is 13.6. The summed E-state index contributed by atoms with van der Waals surface area (Å²) in [4.78, 5) is 17.1. The number of amides is 2. The second-order valence-electron chi connectivity index (χ2n) is 9.15. The number of hydrogen-bond donors (Lipinski definition) is 1. The van der Waals surface area contributed by atoms with Gasteiger partial charge < -0.3 is 14.8 Å². The second kappa shape index (κ2) is 8.54. The standard InChI is InChI=1S/C26H31N3OS/c1-18(2)14-15-27-26(30)29-17-21-20-11-6-7-13-23(20)31-25(21)28-16-8-12-22(28)24(29)19-9-4-3-5-10-19/h3-5,8-10,12,16,18,24H,6-7,11,13-15,17H2,1-2H3,(H,27,30)/t24-/m0/s1. The smallest absolute Gasteiger partial charge is 0.318 e. The fourth-order valence-electron chi connectivity index (χ4n) is 4.94. The molecule has 0 unspecified atom stereocenters. The quantitative estimate of drug-likeness (QED) is 0.532. The average molecular weight is 434 g/mol. The van der Waals surface area contributed by atoms with Crippen LogP contribution < -0.4 is 5.32 Å². The number of aromatic nitrogens is 1. The first kappa shape index (κ1) is 20.4. The molecule has 5 heteroatoms. The summed E-state index contributed by atoms with van der Waals surface area (Å²) >= 11 is 1.94. The Morgan fingerprint density at radius 3 is 2.71 bits per heavy atom. The highest BCUT2D eigenvalue weighted by Gasteiger charge is 2.35. The van der Waals surface area contributed by atoms with Crippen molar-refractivity contribution >= 4 is 17.4 Å². The number of nitrogens with one attached hydrogen (secondary N) is 1. The Morgan fingerprint density at radius 1 is 1.10 bits per heavy atom. The summed E-state index contributed by atoms with van der Waals surface area (Å²) in [7, 11) is 0. The number of rotatable bonds is 4. The fourth-order valence-corrected chi connectivity index (χ4v) is 6.35. The number of hydrogen-bond acceptors (Lipinski definition) is 2. The normalized spacial score (nSPS) is 17.6. The van der Waals surface area contributed by atoms with E-state index < -0.39 is 0 Å². The lowest BCUT2D eigenvalue weighted by Crippen LogP contribution is -2.42. The molecule has 162 valence electrons. The summed E-state index contributed by atoms with van der Waals surface area (Å²) in [5.41, 5.74) is 5.18. The van der Waals surface area contributed by atoms with Crippen LogP contribution in [0.5, 0.6) is 0 Å². The number of benzene rings is 1. The van der Waals surface area contributed by atoms with E-state index in [1.807, 2.05) is 17.4 Å². The highest BCUT2D eigenvalue weighted by Crippen LogP contribution is 2.43. The minimum atomic E-state index is -0.103. The molecule has 2 aliphatic rings. The van der Waals surface area contributed by atoms with Crippen molar-refractivity contribution in [2.75, 3.05) is 6.54 Å². The van der Waals surface area contributed by atoms with Gasteiger partial charge in [0.15, 0.2) is 0 Å².